The number of para-hydroxylation sites is 2. The quantitative estimate of drug-likeness (QED) is 0.460. The summed E-state index contributed by atoms with van der Waals surface area (Å²) in [4.78, 5) is 41.8. The summed E-state index contributed by atoms with van der Waals surface area (Å²) in [7, 11) is 1.66. The molecule has 8 nitrogen and oxygen atoms in total. The Bertz CT molecular complexity index is 1150. The lowest BCUT2D eigenvalue weighted by Crippen LogP contribution is -2.52. The predicted octanol–water partition coefficient (Wildman–Crippen LogP) is 3.95. The molecule has 0 aromatic heterocycles. The second kappa shape index (κ2) is 11.8. The van der Waals surface area contributed by atoms with Crippen LogP contribution < -0.4 is 20.4 Å². The summed E-state index contributed by atoms with van der Waals surface area (Å²) < 4.78 is 0. The maximum atomic E-state index is 13.2. The first-order valence-electron chi connectivity index (χ1n) is 11.3. The smallest absolute Gasteiger partial charge is 0.319 e. The van der Waals surface area contributed by atoms with Crippen molar-refractivity contribution in [1.82, 2.24) is 5.32 Å². The fourth-order valence-corrected chi connectivity index (χ4v) is 3.63. The van der Waals surface area contributed by atoms with E-state index in [0.29, 0.717) is 22.6 Å². The van der Waals surface area contributed by atoms with Gasteiger partial charge in [0.25, 0.3) is 0 Å². The van der Waals surface area contributed by atoms with Crippen molar-refractivity contribution < 1.29 is 19.5 Å². The number of likely N-dealkylation sites (N-methyl/N-ethyl adjacent to an activating group) is 1. The number of aliphatic hydroxyl groups excluding tert-OH is 1. The maximum absolute atomic E-state index is 13.2. The summed E-state index contributed by atoms with van der Waals surface area (Å²) in [5.41, 5.74) is 2.40. The number of carbonyl (C=O) groups is 3. The Morgan fingerprint density at radius 2 is 1.46 bits per heavy atom. The van der Waals surface area contributed by atoms with Gasteiger partial charge in [0.15, 0.2) is 0 Å². The predicted molar refractivity (Wildman–Crippen MR) is 137 cm³/mol. The zero-order valence-electron chi connectivity index (χ0n) is 20.0. The van der Waals surface area contributed by atoms with Crippen LogP contribution in [-0.4, -0.2) is 42.6 Å². The van der Waals surface area contributed by atoms with E-state index in [9.17, 15) is 19.5 Å². The van der Waals surface area contributed by atoms with Gasteiger partial charge >= 0.3 is 6.03 Å². The van der Waals surface area contributed by atoms with Gasteiger partial charge in [0, 0.05) is 24.1 Å². The Kier molecular flexibility index (Phi) is 8.58. The fraction of sp³-hybridized carbons (Fsp3) is 0.222. The first-order valence-corrected chi connectivity index (χ1v) is 11.3. The minimum Gasteiger partial charge on any atom is -0.389 e. The minimum absolute atomic E-state index is 0.271. The van der Waals surface area contributed by atoms with E-state index < -0.39 is 24.1 Å². The molecule has 182 valence electrons. The Labute approximate surface area is 205 Å². The molecule has 0 aliphatic heterocycles. The Balaban J connectivity index is 1.71. The molecule has 0 heterocycles. The van der Waals surface area contributed by atoms with E-state index in [0.717, 1.165) is 0 Å². The number of rotatable bonds is 8. The van der Waals surface area contributed by atoms with Gasteiger partial charge in [-0.3, -0.25) is 14.5 Å². The molecule has 0 spiro atoms. The summed E-state index contributed by atoms with van der Waals surface area (Å²) >= 11 is 0. The van der Waals surface area contributed by atoms with Gasteiger partial charge < -0.3 is 20.6 Å². The van der Waals surface area contributed by atoms with Crippen molar-refractivity contribution in [3.8, 4) is 0 Å². The minimum atomic E-state index is -0.817. The van der Waals surface area contributed by atoms with Crippen molar-refractivity contribution >= 4 is 34.9 Å². The van der Waals surface area contributed by atoms with E-state index in [-0.39, 0.29) is 12.5 Å². The largest absolute Gasteiger partial charge is 0.389 e. The second-order valence-corrected chi connectivity index (χ2v) is 8.12. The number of anilines is 3. The summed E-state index contributed by atoms with van der Waals surface area (Å²) in [6, 6.07) is 23.5. The lowest BCUT2D eigenvalue weighted by molar-refractivity contribution is -0.123. The van der Waals surface area contributed by atoms with Gasteiger partial charge in [0.2, 0.25) is 11.8 Å². The molecule has 0 aliphatic carbocycles. The second-order valence-electron chi connectivity index (χ2n) is 8.12. The molecule has 0 fully saturated rings. The number of hydrogen-bond acceptors (Lipinski definition) is 4. The lowest BCUT2D eigenvalue weighted by atomic mass is 10.1. The molecule has 3 rings (SSSR count). The number of nitrogens with zero attached hydrogens (tertiary/aromatic N) is 2. The molecule has 3 aromatic rings. The molecule has 0 saturated carbocycles. The van der Waals surface area contributed by atoms with Crippen molar-refractivity contribution in [1.29, 1.82) is 0 Å². The van der Waals surface area contributed by atoms with Gasteiger partial charge in [-0.1, -0.05) is 48.5 Å². The van der Waals surface area contributed by atoms with Crippen LogP contribution in [0, 0.1) is 0 Å². The van der Waals surface area contributed by atoms with E-state index >= 15 is 0 Å². The van der Waals surface area contributed by atoms with Crippen molar-refractivity contribution in [2.24, 2.45) is 0 Å². The fourth-order valence-electron chi connectivity index (χ4n) is 3.63. The van der Waals surface area contributed by atoms with Crippen molar-refractivity contribution in [2.75, 3.05) is 28.7 Å². The van der Waals surface area contributed by atoms with Gasteiger partial charge in [-0.2, -0.15) is 0 Å². The Hall–Kier alpha value is -4.17. The van der Waals surface area contributed by atoms with Crippen LogP contribution in [0.4, 0.5) is 21.9 Å². The van der Waals surface area contributed by atoms with Crippen LogP contribution in [0.25, 0.3) is 0 Å². The molecule has 3 N–H and O–H groups in total. The highest BCUT2D eigenvalue weighted by molar-refractivity contribution is 6.07. The number of hydrogen-bond donors (Lipinski definition) is 3. The molecule has 35 heavy (non-hydrogen) atoms. The molecule has 0 radical (unpaired) electrons. The van der Waals surface area contributed by atoms with Crippen LogP contribution in [0.5, 0.6) is 0 Å². The van der Waals surface area contributed by atoms with E-state index in [1.54, 1.807) is 69.4 Å². The number of carbonyl (C=O) groups excluding carboxylic acids is 3. The van der Waals surface area contributed by atoms with Crippen LogP contribution in [0.2, 0.25) is 0 Å². The number of benzene rings is 3. The third kappa shape index (κ3) is 6.68. The lowest BCUT2D eigenvalue weighted by Gasteiger charge is -2.31. The maximum Gasteiger partial charge on any atom is 0.319 e. The molecule has 8 heteroatoms. The van der Waals surface area contributed by atoms with Crippen LogP contribution in [0.15, 0.2) is 84.9 Å². The van der Waals surface area contributed by atoms with Crippen LogP contribution in [0.3, 0.4) is 0 Å². The number of nitrogens with one attached hydrogen (secondary N) is 2. The van der Waals surface area contributed by atoms with E-state index in [2.05, 4.69) is 10.6 Å². The van der Waals surface area contributed by atoms with Gasteiger partial charge in [0.1, 0.15) is 6.04 Å². The molecular weight excluding hydrogens is 444 g/mol. The highest BCUT2D eigenvalue weighted by Gasteiger charge is 2.30. The van der Waals surface area contributed by atoms with Crippen LogP contribution in [-0.2, 0) is 9.59 Å². The monoisotopic (exact) mass is 474 g/mol. The highest BCUT2D eigenvalue weighted by atomic mass is 16.3. The Morgan fingerprint density at radius 1 is 0.857 bits per heavy atom. The van der Waals surface area contributed by atoms with E-state index in [1.807, 2.05) is 36.4 Å². The number of urea groups is 1. The standard InChI is InChI=1S/C27H30N4O4/c1-19(26(34)30(3)23-13-6-4-7-14-23)31(24-15-8-5-9-16-24)25(33)18-28-27(35)29-22-12-10-11-21(17-22)20(2)32/h4-17,19-20,32H,18H2,1-3H3,(H2,28,29,35). The van der Waals surface area contributed by atoms with Crippen LogP contribution >= 0.6 is 0 Å². The highest BCUT2D eigenvalue weighted by Crippen LogP contribution is 2.21. The van der Waals surface area contributed by atoms with E-state index in [1.165, 1.54) is 9.80 Å². The molecule has 0 aliphatic rings. The van der Waals surface area contributed by atoms with Crippen molar-refractivity contribution in [2.45, 2.75) is 26.0 Å². The first kappa shape index (κ1) is 25.5. The normalized spacial score (nSPS) is 12.2. The molecule has 4 amide bonds. The summed E-state index contributed by atoms with van der Waals surface area (Å²) in [5, 5.41) is 14.9. The van der Waals surface area contributed by atoms with Gasteiger partial charge in [-0.15, -0.1) is 0 Å². The van der Waals surface area contributed by atoms with Crippen molar-refractivity contribution in [3.63, 3.8) is 0 Å². The topological polar surface area (TPSA) is 102 Å². The first-order chi connectivity index (χ1) is 16.8. The zero-order valence-corrected chi connectivity index (χ0v) is 20.0. The average molecular weight is 475 g/mol. The molecule has 3 aromatic carbocycles. The van der Waals surface area contributed by atoms with Gasteiger partial charge in [-0.25, -0.2) is 4.79 Å². The zero-order chi connectivity index (χ0) is 25.4. The summed E-state index contributed by atoms with van der Waals surface area (Å²) in [6.07, 6.45) is -0.672. The average Bonchev–Trinajstić information content (AvgIpc) is 2.88. The molecule has 2 unspecified atom stereocenters. The number of amides is 4. The third-order valence-electron chi connectivity index (χ3n) is 5.55. The summed E-state index contributed by atoms with van der Waals surface area (Å²) in [6.45, 7) is 2.98. The SMILES string of the molecule is CC(O)c1cccc(NC(=O)NCC(=O)N(c2ccccc2)C(C)C(=O)N(C)c2ccccc2)c1. The molecule has 0 bridgehead atoms. The Morgan fingerprint density at radius 3 is 2.06 bits per heavy atom. The molecule has 0 saturated heterocycles. The van der Waals surface area contributed by atoms with E-state index in [4.69, 9.17) is 0 Å². The van der Waals surface area contributed by atoms with Crippen molar-refractivity contribution in [3.05, 3.63) is 90.5 Å². The third-order valence-corrected chi connectivity index (χ3v) is 5.55. The number of aliphatic hydroxyl groups is 1. The summed E-state index contributed by atoms with van der Waals surface area (Å²) in [5.74, 6) is -0.709. The molecule has 2 atom stereocenters. The van der Waals surface area contributed by atoms with Gasteiger partial charge in [0.05, 0.1) is 12.6 Å². The van der Waals surface area contributed by atoms with Crippen LogP contribution in [0.1, 0.15) is 25.5 Å². The van der Waals surface area contributed by atoms with Gasteiger partial charge in [-0.05, 0) is 55.8 Å². The molecular formula is C27H30N4O4.